The van der Waals surface area contributed by atoms with E-state index in [4.69, 9.17) is 4.52 Å². The molecule has 1 fully saturated rings. The summed E-state index contributed by atoms with van der Waals surface area (Å²) in [5, 5.41) is 9.44. The average molecular weight is 238 g/mol. The molecule has 1 aromatic rings. The molecule has 0 bridgehead atoms. The fourth-order valence-corrected chi connectivity index (χ4v) is 1.89. The lowest BCUT2D eigenvalue weighted by Crippen LogP contribution is -2.54. The minimum absolute atomic E-state index is 0.0471. The molecule has 94 valence electrons. The van der Waals surface area contributed by atoms with Crippen molar-refractivity contribution in [3.05, 3.63) is 11.7 Å². The first-order valence-electron chi connectivity index (χ1n) is 5.87. The Morgan fingerprint density at radius 3 is 2.71 bits per heavy atom. The molecule has 6 nitrogen and oxygen atoms in total. The normalized spacial score (nSPS) is 19.2. The van der Waals surface area contributed by atoms with Crippen molar-refractivity contribution in [1.82, 2.24) is 20.8 Å². The van der Waals surface area contributed by atoms with Gasteiger partial charge in [0.1, 0.15) is 6.04 Å². The largest absolute Gasteiger partial charge is 0.337 e. The van der Waals surface area contributed by atoms with Gasteiger partial charge in [0.25, 0.3) is 0 Å². The van der Waals surface area contributed by atoms with Crippen molar-refractivity contribution in [2.24, 2.45) is 0 Å². The highest BCUT2D eigenvalue weighted by atomic mass is 16.5. The Morgan fingerprint density at radius 2 is 2.24 bits per heavy atom. The minimum atomic E-state index is -0.278. The van der Waals surface area contributed by atoms with Crippen molar-refractivity contribution in [1.29, 1.82) is 0 Å². The van der Waals surface area contributed by atoms with Crippen LogP contribution in [0.1, 0.15) is 50.9 Å². The van der Waals surface area contributed by atoms with Crippen LogP contribution in [0.25, 0.3) is 0 Å². The van der Waals surface area contributed by atoms with E-state index in [0.717, 1.165) is 12.8 Å². The van der Waals surface area contributed by atoms with Gasteiger partial charge >= 0.3 is 6.03 Å². The first-order valence-corrected chi connectivity index (χ1v) is 5.87. The third kappa shape index (κ3) is 2.75. The third-order valence-corrected chi connectivity index (χ3v) is 3.13. The van der Waals surface area contributed by atoms with Gasteiger partial charge < -0.3 is 15.2 Å². The van der Waals surface area contributed by atoms with Gasteiger partial charge in [-0.15, -0.1) is 0 Å². The molecular weight excluding hydrogens is 220 g/mol. The highest BCUT2D eigenvalue weighted by Gasteiger charge is 2.33. The predicted octanol–water partition coefficient (Wildman–Crippen LogP) is 1.68. The molecule has 1 aromatic heterocycles. The molecule has 2 N–H and O–H groups in total. The Balaban J connectivity index is 1.86. The van der Waals surface area contributed by atoms with E-state index in [1.54, 1.807) is 6.92 Å². The molecule has 1 heterocycles. The molecule has 0 spiro atoms. The second-order valence-corrected chi connectivity index (χ2v) is 4.91. The standard InChI is InChI=1S/C11H18N4O2/c1-7(9-13-8(2)15-17-9)12-10(16)14-11(3)5-4-6-11/h7H,4-6H2,1-3H3,(H2,12,14,16)/t7-/m1/s1. The number of carbonyl (C=O) groups excluding carboxylic acids is 1. The Labute approximate surface area is 100 Å². The van der Waals surface area contributed by atoms with E-state index in [1.807, 2.05) is 6.92 Å². The Kier molecular flexibility index (Phi) is 3.04. The van der Waals surface area contributed by atoms with Crippen LogP contribution in [0.2, 0.25) is 0 Å². The zero-order valence-corrected chi connectivity index (χ0v) is 10.4. The van der Waals surface area contributed by atoms with Crippen LogP contribution in [0.3, 0.4) is 0 Å². The summed E-state index contributed by atoms with van der Waals surface area (Å²) in [6.07, 6.45) is 3.25. The summed E-state index contributed by atoms with van der Waals surface area (Å²) in [7, 11) is 0. The third-order valence-electron chi connectivity index (χ3n) is 3.13. The van der Waals surface area contributed by atoms with Crippen molar-refractivity contribution in [2.75, 3.05) is 0 Å². The zero-order chi connectivity index (χ0) is 12.5. The van der Waals surface area contributed by atoms with Crippen LogP contribution in [0.4, 0.5) is 4.79 Å². The number of hydrogen-bond acceptors (Lipinski definition) is 4. The number of aryl methyl sites for hydroxylation is 1. The lowest BCUT2D eigenvalue weighted by atomic mass is 9.79. The van der Waals surface area contributed by atoms with E-state index in [9.17, 15) is 4.79 Å². The summed E-state index contributed by atoms with van der Waals surface area (Å²) in [6.45, 7) is 5.61. The van der Waals surface area contributed by atoms with Gasteiger partial charge in [-0.05, 0) is 40.0 Å². The van der Waals surface area contributed by atoms with Gasteiger partial charge in [-0.3, -0.25) is 0 Å². The summed E-state index contributed by atoms with van der Waals surface area (Å²) >= 11 is 0. The molecule has 1 saturated carbocycles. The second kappa shape index (κ2) is 4.35. The fraction of sp³-hybridized carbons (Fsp3) is 0.727. The zero-order valence-electron chi connectivity index (χ0n) is 10.4. The van der Waals surface area contributed by atoms with Gasteiger partial charge in [-0.25, -0.2) is 4.79 Å². The van der Waals surface area contributed by atoms with Crippen molar-refractivity contribution in [3.8, 4) is 0 Å². The van der Waals surface area contributed by atoms with Gasteiger partial charge in [-0.1, -0.05) is 5.16 Å². The summed E-state index contributed by atoms with van der Waals surface area (Å²) in [5.74, 6) is 0.997. The van der Waals surface area contributed by atoms with Crippen LogP contribution >= 0.6 is 0 Å². The first kappa shape index (κ1) is 11.9. The van der Waals surface area contributed by atoms with Crippen molar-refractivity contribution < 1.29 is 9.32 Å². The van der Waals surface area contributed by atoms with Gasteiger partial charge in [0, 0.05) is 5.54 Å². The molecule has 0 aliphatic heterocycles. The van der Waals surface area contributed by atoms with Crippen LogP contribution in [0, 0.1) is 6.92 Å². The predicted molar refractivity (Wildman–Crippen MR) is 61.4 cm³/mol. The highest BCUT2D eigenvalue weighted by Crippen LogP contribution is 2.30. The van der Waals surface area contributed by atoms with E-state index < -0.39 is 0 Å². The van der Waals surface area contributed by atoms with E-state index in [2.05, 4.69) is 27.7 Å². The molecule has 0 unspecified atom stereocenters. The van der Waals surface area contributed by atoms with Crippen LogP contribution < -0.4 is 10.6 Å². The lowest BCUT2D eigenvalue weighted by Gasteiger charge is -2.39. The van der Waals surface area contributed by atoms with Crippen LogP contribution in [0.15, 0.2) is 4.52 Å². The molecule has 1 aliphatic carbocycles. The summed E-state index contributed by atoms with van der Waals surface area (Å²) < 4.78 is 4.99. The van der Waals surface area contributed by atoms with E-state index in [1.165, 1.54) is 6.42 Å². The van der Waals surface area contributed by atoms with E-state index in [0.29, 0.717) is 11.7 Å². The molecule has 17 heavy (non-hydrogen) atoms. The maximum atomic E-state index is 11.7. The van der Waals surface area contributed by atoms with Gasteiger partial charge in [0.05, 0.1) is 0 Å². The number of hydrogen-bond donors (Lipinski definition) is 2. The molecule has 0 saturated heterocycles. The Hall–Kier alpha value is -1.59. The molecular formula is C11H18N4O2. The summed E-state index contributed by atoms with van der Waals surface area (Å²) in [4.78, 5) is 15.8. The van der Waals surface area contributed by atoms with E-state index >= 15 is 0 Å². The number of nitrogens with zero attached hydrogens (tertiary/aromatic N) is 2. The summed E-state index contributed by atoms with van der Waals surface area (Å²) in [6, 6.07) is -0.463. The lowest BCUT2D eigenvalue weighted by molar-refractivity contribution is 0.187. The maximum Gasteiger partial charge on any atom is 0.315 e. The molecule has 2 rings (SSSR count). The number of nitrogens with one attached hydrogen (secondary N) is 2. The number of urea groups is 1. The average Bonchev–Trinajstić information content (AvgIpc) is 2.62. The van der Waals surface area contributed by atoms with Crippen molar-refractivity contribution in [2.45, 2.75) is 51.6 Å². The molecule has 2 amide bonds. The highest BCUT2D eigenvalue weighted by molar-refractivity contribution is 5.75. The second-order valence-electron chi connectivity index (χ2n) is 4.91. The molecule has 0 radical (unpaired) electrons. The fourth-order valence-electron chi connectivity index (χ4n) is 1.89. The maximum absolute atomic E-state index is 11.7. The SMILES string of the molecule is Cc1noc([C@@H](C)NC(=O)NC2(C)CCC2)n1. The van der Waals surface area contributed by atoms with E-state index in [-0.39, 0.29) is 17.6 Å². The van der Waals surface area contributed by atoms with Crippen molar-refractivity contribution in [3.63, 3.8) is 0 Å². The van der Waals surface area contributed by atoms with Gasteiger partial charge in [0.2, 0.25) is 5.89 Å². The monoisotopic (exact) mass is 238 g/mol. The Morgan fingerprint density at radius 1 is 1.53 bits per heavy atom. The minimum Gasteiger partial charge on any atom is -0.337 e. The summed E-state index contributed by atoms with van der Waals surface area (Å²) in [5.41, 5.74) is -0.0471. The van der Waals surface area contributed by atoms with Crippen molar-refractivity contribution >= 4 is 6.03 Å². The number of aromatic nitrogens is 2. The number of amides is 2. The quantitative estimate of drug-likeness (QED) is 0.839. The van der Waals surface area contributed by atoms with Gasteiger partial charge in [-0.2, -0.15) is 4.98 Å². The molecule has 1 aliphatic rings. The Bertz CT molecular complexity index is 411. The molecule has 6 heteroatoms. The van der Waals surface area contributed by atoms with Crippen LogP contribution in [0.5, 0.6) is 0 Å². The topological polar surface area (TPSA) is 80.0 Å². The van der Waals surface area contributed by atoms with Crippen LogP contribution in [-0.4, -0.2) is 21.7 Å². The molecule has 1 atom stereocenters. The van der Waals surface area contributed by atoms with Crippen LogP contribution in [-0.2, 0) is 0 Å². The first-order chi connectivity index (χ1) is 7.98. The number of rotatable bonds is 3. The smallest absolute Gasteiger partial charge is 0.315 e. The van der Waals surface area contributed by atoms with Gasteiger partial charge in [0.15, 0.2) is 5.82 Å². The number of carbonyl (C=O) groups is 1. The molecule has 0 aromatic carbocycles.